The molecule has 12 heavy (non-hydrogen) atoms. The van der Waals surface area contributed by atoms with E-state index >= 15 is 0 Å². The van der Waals surface area contributed by atoms with Crippen molar-refractivity contribution in [1.29, 1.82) is 0 Å². The Morgan fingerprint density at radius 1 is 1.50 bits per heavy atom. The van der Waals surface area contributed by atoms with Crippen molar-refractivity contribution in [3.8, 4) is 0 Å². The number of primary amides is 1. The van der Waals surface area contributed by atoms with Crippen LogP contribution in [0.25, 0.3) is 0 Å². The molecule has 0 spiro atoms. The normalized spacial score (nSPS) is 23.8. The molecule has 1 unspecified atom stereocenters. The van der Waals surface area contributed by atoms with Gasteiger partial charge in [-0.05, 0) is 25.7 Å². The summed E-state index contributed by atoms with van der Waals surface area (Å²) in [6.07, 6.45) is 5.12. The molecule has 1 saturated carbocycles. The van der Waals surface area contributed by atoms with E-state index in [4.69, 9.17) is 11.5 Å². The third kappa shape index (κ3) is 2.21. The van der Waals surface area contributed by atoms with Crippen LogP contribution in [0.15, 0.2) is 0 Å². The van der Waals surface area contributed by atoms with Crippen LogP contribution in [-0.2, 0) is 4.79 Å². The van der Waals surface area contributed by atoms with Gasteiger partial charge in [-0.1, -0.05) is 12.8 Å². The molecule has 1 aliphatic carbocycles. The number of nitrogens with two attached hydrogens (primary N) is 2. The summed E-state index contributed by atoms with van der Waals surface area (Å²) in [7, 11) is 0. The maximum absolute atomic E-state index is 10.7. The summed E-state index contributed by atoms with van der Waals surface area (Å²) in [6.45, 7) is 1.94. The summed E-state index contributed by atoms with van der Waals surface area (Å²) >= 11 is 0. The molecule has 0 aromatic rings. The van der Waals surface area contributed by atoms with Gasteiger partial charge in [0.05, 0.1) is 0 Å². The van der Waals surface area contributed by atoms with Crippen molar-refractivity contribution in [2.75, 3.05) is 0 Å². The first-order valence-electron chi connectivity index (χ1n) is 4.59. The fraction of sp³-hybridized carbons (Fsp3) is 0.889. The van der Waals surface area contributed by atoms with Crippen LogP contribution >= 0.6 is 0 Å². The molecule has 0 aromatic heterocycles. The lowest BCUT2D eigenvalue weighted by molar-refractivity contribution is -0.119. The minimum absolute atomic E-state index is 0.285. The van der Waals surface area contributed by atoms with E-state index in [-0.39, 0.29) is 11.4 Å². The number of hydrogen-bond acceptors (Lipinski definition) is 2. The van der Waals surface area contributed by atoms with E-state index in [2.05, 4.69) is 0 Å². The van der Waals surface area contributed by atoms with Crippen LogP contribution in [0, 0.1) is 5.92 Å². The number of amides is 1. The highest BCUT2D eigenvalue weighted by molar-refractivity contribution is 5.75. The van der Waals surface area contributed by atoms with Gasteiger partial charge in [0.25, 0.3) is 0 Å². The van der Waals surface area contributed by atoms with Crippen molar-refractivity contribution in [2.45, 2.75) is 44.6 Å². The Hall–Kier alpha value is -0.570. The van der Waals surface area contributed by atoms with Gasteiger partial charge in [-0.3, -0.25) is 4.79 Å². The quantitative estimate of drug-likeness (QED) is 0.656. The van der Waals surface area contributed by atoms with Gasteiger partial charge in [-0.15, -0.1) is 0 Å². The topological polar surface area (TPSA) is 69.1 Å². The summed E-state index contributed by atoms with van der Waals surface area (Å²) in [5, 5.41) is 0. The molecule has 1 amide bonds. The summed E-state index contributed by atoms with van der Waals surface area (Å²) in [6, 6.07) is 0. The molecule has 0 heterocycles. The molecule has 1 fully saturated rings. The average Bonchev–Trinajstić information content (AvgIpc) is 2.32. The van der Waals surface area contributed by atoms with Crippen LogP contribution < -0.4 is 11.5 Å². The van der Waals surface area contributed by atoms with Gasteiger partial charge in [0.2, 0.25) is 5.91 Å². The smallest absolute Gasteiger partial charge is 0.219 e. The summed E-state index contributed by atoms with van der Waals surface area (Å²) < 4.78 is 0. The lowest BCUT2D eigenvalue weighted by atomic mass is 9.82. The first kappa shape index (κ1) is 9.52. The number of rotatable bonds is 3. The maximum Gasteiger partial charge on any atom is 0.219 e. The molecule has 0 aliphatic heterocycles. The van der Waals surface area contributed by atoms with Crippen molar-refractivity contribution >= 4 is 5.91 Å². The molecule has 3 nitrogen and oxygen atoms in total. The largest absolute Gasteiger partial charge is 0.370 e. The summed E-state index contributed by atoms with van der Waals surface area (Å²) in [4.78, 5) is 10.7. The Morgan fingerprint density at radius 2 is 2.00 bits per heavy atom. The molecule has 1 aliphatic rings. The minimum Gasteiger partial charge on any atom is -0.370 e. The van der Waals surface area contributed by atoms with Crippen molar-refractivity contribution in [3.63, 3.8) is 0 Å². The van der Waals surface area contributed by atoms with Gasteiger partial charge in [0.1, 0.15) is 0 Å². The number of carbonyl (C=O) groups excluding carboxylic acids is 1. The molecule has 1 rings (SSSR count). The Bertz CT molecular complexity index is 171. The van der Waals surface area contributed by atoms with Crippen LogP contribution in [0.1, 0.15) is 39.0 Å². The van der Waals surface area contributed by atoms with Gasteiger partial charge in [-0.25, -0.2) is 0 Å². The standard InChI is InChI=1S/C9H18N2O/c1-9(11,6-8(10)12)7-4-2-3-5-7/h7H,2-6,11H2,1H3,(H2,10,12). The molecule has 0 saturated heterocycles. The third-order valence-corrected chi connectivity index (χ3v) is 2.84. The number of hydrogen-bond donors (Lipinski definition) is 2. The lowest BCUT2D eigenvalue weighted by Gasteiger charge is -2.30. The Labute approximate surface area is 73.5 Å². The zero-order chi connectivity index (χ0) is 9.19. The highest BCUT2D eigenvalue weighted by Crippen LogP contribution is 2.33. The SMILES string of the molecule is CC(N)(CC(N)=O)C1CCCC1. The van der Waals surface area contributed by atoms with Crippen LogP contribution in [0.5, 0.6) is 0 Å². The molecule has 70 valence electrons. The fourth-order valence-corrected chi connectivity index (χ4v) is 2.11. The van der Waals surface area contributed by atoms with E-state index in [1.807, 2.05) is 6.92 Å². The van der Waals surface area contributed by atoms with Crippen molar-refractivity contribution in [3.05, 3.63) is 0 Å². The van der Waals surface area contributed by atoms with E-state index in [0.29, 0.717) is 12.3 Å². The summed E-state index contributed by atoms with van der Waals surface area (Å²) in [5.41, 5.74) is 10.8. The first-order valence-corrected chi connectivity index (χ1v) is 4.59. The zero-order valence-electron chi connectivity index (χ0n) is 7.68. The second-order valence-electron chi connectivity index (χ2n) is 4.13. The Morgan fingerprint density at radius 3 is 2.42 bits per heavy atom. The number of carbonyl (C=O) groups is 1. The predicted molar refractivity (Wildman–Crippen MR) is 48.4 cm³/mol. The molecule has 3 heteroatoms. The van der Waals surface area contributed by atoms with E-state index < -0.39 is 0 Å². The van der Waals surface area contributed by atoms with E-state index in [1.54, 1.807) is 0 Å². The lowest BCUT2D eigenvalue weighted by Crippen LogP contribution is -2.46. The summed E-state index contributed by atoms with van der Waals surface area (Å²) in [5.74, 6) is 0.205. The van der Waals surface area contributed by atoms with Gasteiger partial charge >= 0.3 is 0 Å². The van der Waals surface area contributed by atoms with Crippen LogP contribution in [0.4, 0.5) is 0 Å². The zero-order valence-corrected chi connectivity index (χ0v) is 7.68. The van der Waals surface area contributed by atoms with Crippen LogP contribution in [0.2, 0.25) is 0 Å². The maximum atomic E-state index is 10.7. The van der Waals surface area contributed by atoms with Crippen molar-refractivity contribution in [1.82, 2.24) is 0 Å². The molecular weight excluding hydrogens is 152 g/mol. The monoisotopic (exact) mass is 170 g/mol. The second kappa shape index (κ2) is 3.44. The molecule has 4 N–H and O–H groups in total. The predicted octanol–water partition coefficient (Wildman–Crippen LogP) is 0.769. The molecule has 0 radical (unpaired) electrons. The van der Waals surface area contributed by atoms with Gasteiger partial charge in [-0.2, -0.15) is 0 Å². The fourth-order valence-electron chi connectivity index (χ4n) is 2.11. The van der Waals surface area contributed by atoms with Gasteiger partial charge in [0.15, 0.2) is 0 Å². The second-order valence-corrected chi connectivity index (χ2v) is 4.13. The highest BCUT2D eigenvalue weighted by atomic mass is 16.1. The van der Waals surface area contributed by atoms with Gasteiger partial charge < -0.3 is 11.5 Å². The van der Waals surface area contributed by atoms with Gasteiger partial charge in [0, 0.05) is 12.0 Å². The van der Waals surface area contributed by atoms with Crippen LogP contribution in [-0.4, -0.2) is 11.4 Å². The van der Waals surface area contributed by atoms with Crippen molar-refractivity contribution in [2.24, 2.45) is 17.4 Å². The van der Waals surface area contributed by atoms with E-state index in [1.165, 1.54) is 12.8 Å². The Kier molecular flexibility index (Phi) is 2.73. The molecule has 0 aromatic carbocycles. The Balaban J connectivity index is 2.50. The molecular formula is C9H18N2O. The average molecular weight is 170 g/mol. The van der Waals surface area contributed by atoms with Crippen LogP contribution in [0.3, 0.4) is 0 Å². The van der Waals surface area contributed by atoms with E-state index in [0.717, 1.165) is 12.8 Å². The minimum atomic E-state index is -0.373. The van der Waals surface area contributed by atoms with Crippen molar-refractivity contribution < 1.29 is 4.79 Å². The molecule has 0 bridgehead atoms. The molecule has 1 atom stereocenters. The van der Waals surface area contributed by atoms with E-state index in [9.17, 15) is 4.79 Å². The third-order valence-electron chi connectivity index (χ3n) is 2.84. The highest BCUT2D eigenvalue weighted by Gasteiger charge is 2.33. The first-order chi connectivity index (χ1) is 5.52.